The molecule has 0 aliphatic carbocycles. The Morgan fingerprint density at radius 3 is 2.80 bits per heavy atom. The first-order valence-electron chi connectivity index (χ1n) is 5.68. The van der Waals surface area contributed by atoms with Crippen LogP contribution in [0.15, 0.2) is 0 Å². The Morgan fingerprint density at radius 2 is 2.20 bits per heavy atom. The van der Waals surface area contributed by atoms with Crippen molar-refractivity contribution in [2.45, 2.75) is 38.8 Å². The molecule has 2 rings (SSSR count). The van der Waals surface area contributed by atoms with Crippen LogP contribution < -0.4 is 5.32 Å². The highest BCUT2D eigenvalue weighted by Gasteiger charge is 2.44. The molecule has 0 unspecified atom stereocenters. The van der Waals surface area contributed by atoms with Crippen molar-refractivity contribution in [2.24, 2.45) is 5.92 Å². The minimum absolute atomic E-state index is 0.160. The summed E-state index contributed by atoms with van der Waals surface area (Å²) in [5, 5.41) is 3.31. The molecule has 15 heavy (non-hydrogen) atoms. The molecule has 0 aromatic heterocycles. The molecule has 2 aliphatic rings. The van der Waals surface area contributed by atoms with Crippen LogP contribution in [0.5, 0.6) is 0 Å². The van der Waals surface area contributed by atoms with Gasteiger partial charge in [0.15, 0.2) is 0 Å². The lowest BCUT2D eigenvalue weighted by molar-refractivity contribution is -0.0381. The third kappa shape index (κ3) is 2.25. The highest BCUT2D eigenvalue weighted by atomic mass is 16.6. The lowest BCUT2D eigenvalue weighted by Crippen LogP contribution is -2.65. The van der Waals surface area contributed by atoms with E-state index in [9.17, 15) is 4.79 Å². The fourth-order valence-corrected chi connectivity index (χ4v) is 2.25. The fraction of sp³-hybridized carbons (Fsp3) is 0.909. The quantitative estimate of drug-likeness (QED) is 0.656. The number of likely N-dealkylation sites (tertiary alicyclic amines) is 1. The molecule has 0 radical (unpaired) electrons. The van der Waals surface area contributed by atoms with E-state index < -0.39 is 0 Å². The minimum Gasteiger partial charge on any atom is -0.444 e. The van der Waals surface area contributed by atoms with Gasteiger partial charge in [0.1, 0.15) is 5.60 Å². The van der Waals surface area contributed by atoms with Crippen LogP contribution in [0.3, 0.4) is 0 Å². The van der Waals surface area contributed by atoms with Gasteiger partial charge in [-0.25, -0.2) is 4.79 Å². The van der Waals surface area contributed by atoms with E-state index in [-0.39, 0.29) is 11.7 Å². The SMILES string of the molecule is CC(C)(C)OC(=O)N1C[C@H]2CCNC[C@H]21. The molecule has 4 heteroatoms. The smallest absolute Gasteiger partial charge is 0.410 e. The number of amides is 1. The van der Waals surface area contributed by atoms with Crippen molar-refractivity contribution in [2.75, 3.05) is 19.6 Å². The van der Waals surface area contributed by atoms with Gasteiger partial charge in [-0.1, -0.05) is 0 Å². The van der Waals surface area contributed by atoms with E-state index in [0.29, 0.717) is 12.0 Å². The van der Waals surface area contributed by atoms with Crippen molar-refractivity contribution in [3.8, 4) is 0 Å². The summed E-state index contributed by atoms with van der Waals surface area (Å²) in [7, 11) is 0. The second-order valence-corrected chi connectivity index (χ2v) is 5.45. The summed E-state index contributed by atoms with van der Waals surface area (Å²) in [5.41, 5.74) is -0.385. The number of ether oxygens (including phenoxy) is 1. The molecule has 2 saturated heterocycles. The fourth-order valence-electron chi connectivity index (χ4n) is 2.25. The van der Waals surface area contributed by atoms with Crippen molar-refractivity contribution >= 4 is 6.09 Å². The molecule has 1 amide bonds. The highest BCUT2D eigenvalue weighted by Crippen LogP contribution is 2.30. The summed E-state index contributed by atoms with van der Waals surface area (Å²) < 4.78 is 5.35. The molecule has 0 aromatic rings. The normalized spacial score (nSPS) is 30.5. The maximum Gasteiger partial charge on any atom is 0.410 e. The molecule has 2 aliphatic heterocycles. The maximum absolute atomic E-state index is 11.8. The second kappa shape index (κ2) is 3.67. The molecular weight excluding hydrogens is 192 g/mol. The van der Waals surface area contributed by atoms with Crippen molar-refractivity contribution in [1.82, 2.24) is 10.2 Å². The molecular formula is C11H20N2O2. The molecule has 0 bridgehead atoms. The van der Waals surface area contributed by atoms with E-state index >= 15 is 0 Å². The van der Waals surface area contributed by atoms with Gasteiger partial charge in [-0.15, -0.1) is 0 Å². The van der Waals surface area contributed by atoms with Crippen LogP contribution in [-0.4, -0.2) is 42.3 Å². The van der Waals surface area contributed by atoms with E-state index in [1.807, 2.05) is 25.7 Å². The highest BCUT2D eigenvalue weighted by molar-refractivity contribution is 5.69. The Hall–Kier alpha value is -0.770. The molecule has 2 atom stereocenters. The van der Waals surface area contributed by atoms with E-state index in [1.165, 1.54) is 6.42 Å². The molecule has 0 aromatic carbocycles. The van der Waals surface area contributed by atoms with E-state index in [4.69, 9.17) is 4.74 Å². The van der Waals surface area contributed by atoms with Gasteiger partial charge in [-0.3, -0.25) is 0 Å². The molecule has 2 fully saturated rings. The number of hydrogen-bond acceptors (Lipinski definition) is 3. The largest absolute Gasteiger partial charge is 0.444 e. The number of nitrogens with one attached hydrogen (secondary N) is 1. The topological polar surface area (TPSA) is 41.6 Å². The van der Waals surface area contributed by atoms with Crippen molar-refractivity contribution in [3.05, 3.63) is 0 Å². The van der Waals surface area contributed by atoms with Crippen LogP contribution >= 0.6 is 0 Å². The van der Waals surface area contributed by atoms with Gasteiger partial charge in [0.05, 0.1) is 6.04 Å². The van der Waals surface area contributed by atoms with Crippen LogP contribution in [0.1, 0.15) is 27.2 Å². The first kappa shape index (κ1) is 10.7. The first-order chi connectivity index (χ1) is 6.97. The average molecular weight is 212 g/mol. The van der Waals surface area contributed by atoms with Crippen molar-refractivity contribution in [1.29, 1.82) is 0 Å². The van der Waals surface area contributed by atoms with Crippen LogP contribution in [0.4, 0.5) is 4.79 Å². The number of nitrogens with zero attached hydrogens (tertiary/aromatic N) is 1. The van der Waals surface area contributed by atoms with Crippen LogP contribution in [0, 0.1) is 5.92 Å². The summed E-state index contributed by atoms with van der Waals surface area (Å²) in [6.07, 6.45) is 1.02. The number of carbonyl (C=O) groups excluding carboxylic acids is 1. The van der Waals surface area contributed by atoms with Crippen molar-refractivity contribution < 1.29 is 9.53 Å². The van der Waals surface area contributed by atoms with E-state index in [0.717, 1.165) is 19.6 Å². The van der Waals surface area contributed by atoms with E-state index in [1.54, 1.807) is 0 Å². The lowest BCUT2D eigenvalue weighted by atomic mass is 9.83. The minimum atomic E-state index is -0.385. The Morgan fingerprint density at radius 1 is 1.47 bits per heavy atom. The monoisotopic (exact) mass is 212 g/mol. The Kier molecular flexibility index (Phi) is 2.63. The zero-order chi connectivity index (χ0) is 11.1. The molecule has 0 saturated carbocycles. The summed E-state index contributed by atoms with van der Waals surface area (Å²) in [6.45, 7) is 8.60. The van der Waals surface area contributed by atoms with E-state index in [2.05, 4.69) is 5.32 Å². The van der Waals surface area contributed by atoms with Gasteiger partial charge < -0.3 is 15.0 Å². The number of rotatable bonds is 0. The van der Waals surface area contributed by atoms with Gasteiger partial charge >= 0.3 is 6.09 Å². The third-order valence-corrected chi connectivity index (χ3v) is 3.05. The number of fused-ring (bicyclic) bond motifs is 1. The molecule has 86 valence electrons. The first-order valence-corrected chi connectivity index (χ1v) is 5.68. The van der Waals surface area contributed by atoms with Gasteiger partial charge in [-0.05, 0) is 39.7 Å². The lowest BCUT2D eigenvalue weighted by Gasteiger charge is -2.50. The van der Waals surface area contributed by atoms with Crippen LogP contribution in [-0.2, 0) is 4.74 Å². The zero-order valence-corrected chi connectivity index (χ0v) is 9.75. The Bertz CT molecular complexity index is 260. The molecule has 2 heterocycles. The van der Waals surface area contributed by atoms with Crippen molar-refractivity contribution in [3.63, 3.8) is 0 Å². The summed E-state index contributed by atoms with van der Waals surface area (Å²) >= 11 is 0. The van der Waals surface area contributed by atoms with Gasteiger partial charge in [0.25, 0.3) is 0 Å². The van der Waals surface area contributed by atoms with Gasteiger partial charge in [-0.2, -0.15) is 0 Å². The standard InChI is InChI=1S/C11H20N2O2/c1-11(2,3)15-10(14)13-7-8-4-5-12-6-9(8)13/h8-9,12H,4-7H2,1-3H3/t8-,9-/m1/s1. The van der Waals surface area contributed by atoms with Crippen LogP contribution in [0.25, 0.3) is 0 Å². The Labute approximate surface area is 91.0 Å². The third-order valence-electron chi connectivity index (χ3n) is 3.05. The number of piperidine rings is 1. The number of hydrogen-bond donors (Lipinski definition) is 1. The predicted molar refractivity (Wildman–Crippen MR) is 57.7 cm³/mol. The molecule has 1 N–H and O–H groups in total. The van der Waals surface area contributed by atoms with Gasteiger partial charge in [0, 0.05) is 13.1 Å². The van der Waals surface area contributed by atoms with Gasteiger partial charge in [0.2, 0.25) is 0 Å². The summed E-state index contributed by atoms with van der Waals surface area (Å²) in [5.74, 6) is 0.693. The number of carbonyl (C=O) groups is 1. The molecule has 4 nitrogen and oxygen atoms in total. The summed E-state index contributed by atoms with van der Waals surface area (Å²) in [4.78, 5) is 13.6. The summed E-state index contributed by atoms with van der Waals surface area (Å²) in [6, 6.07) is 0.369. The zero-order valence-electron chi connectivity index (χ0n) is 9.75. The predicted octanol–water partition coefficient (Wildman–Crippen LogP) is 1.22. The molecule has 0 spiro atoms. The Balaban J connectivity index is 1.88. The maximum atomic E-state index is 11.8. The second-order valence-electron chi connectivity index (χ2n) is 5.45. The van der Waals surface area contributed by atoms with Crippen LogP contribution in [0.2, 0.25) is 0 Å². The average Bonchev–Trinajstić information content (AvgIpc) is 2.03.